The number of hydrogen-bond acceptors (Lipinski definition) is 4. The SMILES string of the molecule is CCNC(=NCc1nc(C(F)(F)F)cs1)NC1CCCC1C#N. The fourth-order valence-corrected chi connectivity index (χ4v) is 3.17. The highest BCUT2D eigenvalue weighted by Gasteiger charge is 2.33. The molecule has 5 nitrogen and oxygen atoms in total. The molecule has 126 valence electrons. The maximum Gasteiger partial charge on any atom is 0.434 e. The number of hydrogen-bond donors (Lipinski definition) is 2. The second-order valence-electron chi connectivity index (χ2n) is 5.24. The van der Waals surface area contributed by atoms with Crippen molar-refractivity contribution in [1.82, 2.24) is 15.6 Å². The lowest BCUT2D eigenvalue weighted by Gasteiger charge is -2.19. The van der Waals surface area contributed by atoms with Crippen LogP contribution in [0.15, 0.2) is 10.4 Å². The maximum absolute atomic E-state index is 12.5. The Balaban J connectivity index is 2.01. The van der Waals surface area contributed by atoms with E-state index in [2.05, 4.69) is 26.7 Å². The molecule has 1 fully saturated rings. The number of nitrogens with zero attached hydrogens (tertiary/aromatic N) is 3. The molecule has 0 spiro atoms. The molecule has 2 N–H and O–H groups in total. The van der Waals surface area contributed by atoms with E-state index >= 15 is 0 Å². The highest BCUT2D eigenvalue weighted by atomic mass is 32.1. The number of thiazole rings is 1. The Morgan fingerprint density at radius 3 is 2.91 bits per heavy atom. The largest absolute Gasteiger partial charge is 0.434 e. The molecule has 2 unspecified atom stereocenters. The third kappa shape index (κ3) is 4.82. The van der Waals surface area contributed by atoms with Crippen molar-refractivity contribution in [2.75, 3.05) is 6.54 Å². The number of halogens is 3. The smallest absolute Gasteiger partial charge is 0.357 e. The first-order chi connectivity index (χ1) is 10.9. The van der Waals surface area contributed by atoms with Crippen LogP contribution in [-0.4, -0.2) is 23.5 Å². The topological polar surface area (TPSA) is 73.1 Å². The molecule has 0 aliphatic heterocycles. The molecule has 0 saturated heterocycles. The Labute approximate surface area is 136 Å². The zero-order chi connectivity index (χ0) is 16.9. The number of aromatic nitrogens is 1. The minimum Gasteiger partial charge on any atom is -0.357 e. The van der Waals surface area contributed by atoms with Crippen molar-refractivity contribution in [1.29, 1.82) is 5.26 Å². The van der Waals surface area contributed by atoms with Crippen LogP contribution in [-0.2, 0) is 12.7 Å². The summed E-state index contributed by atoms with van der Waals surface area (Å²) in [6, 6.07) is 2.30. The van der Waals surface area contributed by atoms with Crippen LogP contribution in [0.4, 0.5) is 13.2 Å². The fourth-order valence-electron chi connectivity index (χ4n) is 2.44. The van der Waals surface area contributed by atoms with Crippen LogP contribution in [0.3, 0.4) is 0 Å². The van der Waals surface area contributed by atoms with Gasteiger partial charge in [0.1, 0.15) is 5.01 Å². The maximum atomic E-state index is 12.5. The summed E-state index contributed by atoms with van der Waals surface area (Å²) in [6.45, 7) is 2.60. The van der Waals surface area contributed by atoms with Gasteiger partial charge < -0.3 is 10.6 Å². The van der Waals surface area contributed by atoms with Crippen molar-refractivity contribution in [3.05, 3.63) is 16.1 Å². The predicted molar refractivity (Wildman–Crippen MR) is 81.8 cm³/mol. The van der Waals surface area contributed by atoms with Gasteiger partial charge in [-0.3, -0.25) is 0 Å². The number of guanidine groups is 1. The Morgan fingerprint density at radius 1 is 1.52 bits per heavy atom. The number of aliphatic imine (C=N–C) groups is 1. The molecule has 0 aromatic carbocycles. The van der Waals surface area contributed by atoms with E-state index in [-0.39, 0.29) is 18.5 Å². The normalized spacial score (nSPS) is 22.0. The highest BCUT2D eigenvalue weighted by molar-refractivity contribution is 7.09. The van der Waals surface area contributed by atoms with Crippen molar-refractivity contribution in [3.8, 4) is 6.07 Å². The van der Waals surface area contributed by atoms with Gasteiger partial charge in [-0.1, -0.05) is 0 Å². The molecule has 0 bridgehead atoms. The van der Waals surface area contributed by atoms with Crippen LogP contribution < -0.4 is 10.6 Å². The Morgan fingerprint density at radius 2 is 2.30 bits per heavy atom. The van der Waals surface area contributed by atoms with Crippen molar-refractivity contribution in [2.45, 2.75) is 44.9 Å². The summed E-state index contributed by atoms with van der Waals surface area (Å²) in [5, 5.41) is 16.6. The molecule has 1 aliphatic rings. The van der Waals surface area contributed by atoms with Gasteiger partial charge in [-0.05, 0) is 26.2 Å². The number of alkyl halides is 3. The molecule has 0 amide bonds. The second-order valence-corrected chi connectivity index (χ2v) is 6.18. The monoisotopic (exact) mass is 345 g/mol. The lowest BCUT2D eigenvalue weighted by Crippen LogP contribution is -2.44. The third-order valence-electron chi connectivity index (χ3n) is 3.56. The fraction of sp³-hybridized carbons (Fsp3) is 0.643. The average molecular weight is 345 g/mol. The molecule has 1 heterocycles. The summed E-state index contributed by atoms with van der Waals surface area (Å²) in [6.07, 6.45) is -1.70. The molecule has 0 radical (unpaired) electrons. The molecule has 1 aromatic heterocycles. The number of rotatable bonds is 4. The van der Waals surface area contributed by atoms with Gasteiger partial charge in [-0.2, -0.15) is 18.4 Å². The predicted octanol–water partition coefficient (Wildman–Crippen LogP) is 2.91. The molecule has 2 rings (SSSR count). The van der Waals surface area contributed by atoms with Crippen LogP contribution in [0.25, 0.3) is 0 Å². The van der Waals surface area contributed by atoms with Gasteiger partial charge >= 0.3 is 6.18 Å². The summed E-state index contributed by atoms with van der Waals surface area (Å²) < 4.78 is 37.6. The molecule has 1 aliphatic carbocycles. The summed E-state index contributed by atoms with van der Waals surface area (Å²) in [7, 11) is 0. The van der Waals surface area contributed by atoms with Crippen molar-refractivity contribution in [2.24, 2.45) is 10.9 Å². The molecule has 9 heteroatoms. The van der Waals surface area contributed by atoms with Gasteiger partial charge in [0.15, 0.2) is 11.7 Å². The zero-order valence-corrected chi connectivity index (χ0v) is 13.5. The van der Waals surface area contributed by atoms with Gasteiger partial charge in [-0.25, -0.2) is 9.98 Å². The van der Waals surface area contributed by atoms with E-state index in [1.165, 1.54) is 0 Å². The molecule has 2 atom stereocenters. The highest BCUT2D eigenvalue weighted by Crippen LogP contribution is 2.30. The van der Waals surface area contributed by atoms with E-state index in [0.717, 1.165) is 36.0 Å². The van der Waals surface area contributed by atoms with Crippen LogP contribution in [0, 0.1) is 17.2 Å². The van der Waals surface area contributed by atoms with Crippen molar-refractivity contribution >= 4 is 17.3 Å². The first kappa shape index (κ1) is 17.5. The zero-order valence-electron chi connectivity index (χ0n) is 12.7. The molecule has 1 aromatic rings. The quantitative estimate of drug-likeness (QED) is 0.650. The third-order valence-corrected chi connectivity index (χ3v) is 4.40. The first-order valence-corrected chi connectivity index (χ1v) is 8.28. The minimum atomic E-state index is -4.43. The summed E-state index contributed by atoms with van der Waals surface area (Å²) in [5.74, 6) is 0.443. The minimum absolute atomic E-state index is 0.0276. The van der Waals surface area contributed by atoms with Gasteiger partial charge in [0.2, 0.25) is 0 Å². The van der Waals surface area contributed by atoms with E-state index in [9.17, 15) is 13.2 Å². The molecule has 23 heavy (non-hydrogen) atoms. The van der Waals surface area contributed by atoms with E-state index in [4.69, 9.17) is 5.26 Å². The van der Waals surface area contributed by atoms with Crippen LogP contribution >= 0.6 is 11.3 Å². The van der Waals surface area contributed by atoms with E-state index in [1.807, 2.05) is 6.92 Å². The summed E-state index contributed by atoms with van der Waals surface area (Å²) >= 11 is 0.938. The lowest BCUT2D eigenvalue weighted by atomic mass is 10.1. The molecule has 1 saturated carbocycles. The van der Waals surface area contributed by atoms with Gasteiger partial charge in [0, 0.05) is 18.0 Å². The first-order valence-electron chi connectivity index (χ1n) is 7.40. The van der Waals surface area contributed by atoms with E-state index < -0.39 is 11.9 Å². The van der Waals surface area contributed by atoms with E-state index in [0.29, 0.717) is 17.5 Å². The van der Waals surface area contributed by atoms with E-state index in [1.54, 1.807) is 0 Å². The molecular weight excluding hydrogens is 327 g/mol. The Hall–Kier alpha value is -1.82. The average Bonchev–Trinajstić information content (AvgIpc) is 3.13. The van der Waals surface area contributed by atoms with Crippen LogP contribution in [0.5, 0.6) is 0 Å². The second kappa shape index (κ2) is 7.64. The van der Waals surface area contributed by atoms with Gasteiger partial charge in [0.05, 0.1) is 18.5 Å². The number of nitrogens with one attached hydrogen (secondary N) is 2. The summed E-state index contributed by atoms with van der Waals surface area (Å²) in [4.78, 5) is 7.83. The Kier molecular flexibility index (Phi) is 5.82. The van der Waals surface area contributed by atoms with Crippen molar-refractivity contribution in [3.63, 3.8) is 0 Å². The van der Waals surface area contributed by atoms with Gasteiger partial charge in [-0.15, -0.1) is 11.3 Å². The van der Waals surface area contributed by atoms with Crippen LogP contribution in [0.2, 0.25) is 0 Å². The number of nitriles is 1. The lowest BCUT2D eigenvalue weighted by molar-refractivity contribution is -0.140. The van der Waals surface area contributed by atoms with Crippen molar-refractivity contribution < 1.29 is 13.2 Å². The standard InChI is InChI=1S/C14H18F3N5S/c1-2-19-13(21-10-5-3-4-9(10)6-18)20-7-12-22-11(8-23-12)14(15,16)17/h8-10H,2-5,7H2,1H3,(H2,19,20,21). The van der Waals surface area contributed by atoms with Crippen LogP contribution in [0.1, 0.15) is 36.9 Å². The molecular formula is C14H18F3N5S. The Bertz CT molecular complexity index is 590. The summed E-state index contributed by atoms with van der Waals surface area (Å²) in [5.41, 5.74) is -0.883. The van der Waals surface area contributed by atoms with Gasteiger partial charge in [0.25, 0.3) is 0 Å².